The number of hydrazine groups is 1. The van der Waals surface area contributed by atoms with Crippen LogP contribution >= 0.6 is 0 Å². The summed E-state index contributed by atoms with van der Waals surface area (Å²) in [4.78, 5) is 4.69. The molecule has 2 atom stereocenters. The molecule has 1 aromatic rings. The molecule has 3 heterocycles. The van der Waals surface area contributed by atoms with E-state index >= 15 is 0 Å². The van der Waals surface area contributed by atoms with Crippen LogP contribution in [0.2, 0.25) is 0 Å². The molecule has 0 aliphatic carbocycles. The van der Waals surface area contributed by atoms with Crippen molar-refractivity contribution in [3.05, 3.63) is 34.7 Å². The average molecular weight is 316 g/mol. The second-order valence-electron chi connectivity index (χ2n) is 6.86. The van der Waals surface area contributed by atoms with Gasteiger partial charge in [-0.25, -0.2) is 9.99 Å². The molecule has 2 unspecified atom stereocenters. The molecule has 2 aliphatic heterocycles. The number of quaternary nitrogens is 1. The van der Waals surface area contributed by atoms with Gasteiger partial charge in [0.15, 0.2) is 5.82 Å². The third-order valence-corrected chi connectivity index (χ3v) is 5.15. The van der Waals surface area contributed by atoms with Crippen LogP contribution in [-0.2, 0) is 0 Å². The molecule has 126 valence electrons. The van der Waals surface area contributed by atoms with E-state index in [0.29, 0.717) is 30.0 Å². The van der Waals surface area contributed by atoms with Crippen molar-refractivity contribution in [2.75, 3.05) is 37.7 Å². The molecule has 0 saturated heterocycles. The van der Waals surface area contributed by atoms with Crippen LogP contribution < -0.4 is 10.1 Å². The van der Waals surface area contributed by atoms with E-state index in [-0.39, 0.29) is 0 Å². The average Bonchev–Trinajstić information content (AvgIpc) is 2.54. The smallest absolute Gasteiger partial charge is 0.150 e. The van der Waals surface area contributed by atoms with E-state index in [0.717, 1.165) is 25.5 Å². The van der Waals surface area contributed by atoms with Crippen molar-refractivity contribution in [1.82, 2.24) is 9.99 Å². The normalized spacial score (nSPS) is 24.2. The third-order valence-electron chi connectivity index (χ3n) is 5.15. The summed E-state index contributed by atoms with van der Waals surface area (Å²) in [6.07, 6.45) is 1.87. The van der Waals surface area contributed by atoms with Gasteiger partial charge in [-0.15, -0.1) is 0 Å². The molecule has 0 aromatic carbocycles. The van der Waals surface area contributed by atoms with Gasteiger partial charge in [0, 0.05) is 36.3 Å². The van der Waals surface area contributed by atoms with Gasteiger partial charge in [0.05, 0.1) is 13.1 Å². The Hall–Kier alpha value is -1.43. The van der Waals surface area contributed by atoms with Crippen molar-refractivity contribution in [3.8, 4) is 0 Å². The van der Waals surface area contributed by atoms with Gasteiger partial charge in [0.25, 0.3) is 0 Å². The van der Waals surface area contributed by atoms with Gasteiger partial charge in [-0.05, 0) is 23.6 Å². The molecule has 23 heavy (non-hydrogen) atoms. The summed E-state index contributed by atoms with van der Waals surface area (Å²) in [6, 6.07) is 4.20. The molecule has 5 nitrogen and oxygen atoms in total. The van der Waals surface area contributed by atoms with Crippen LogP contribution in [0.15, 0.2) is 23.9 Å². The molecule has 1 aromatic heterocycles. The van der Waals surface area contributed by atoms with E-state index in [1.54, 1.807) is 0 Å². The first kappa shape index (κ1) is 16.4. The lowest BCUT2D eigenvalue weighted by atomic mass is 9.78. The van der Waals surface area contributed by atoms with Gasteiger partial charge >= 0.3 is 0 Å². The molecule has 0 radical (unpaired) electrons. The SMILES string of the molecule is CCN(CC)N1CC2=C(c3cccnc31)C(C(C)C)C[NH+]([O-])C2. The zero-order valence-corrected chi connectivity index (χ0v) is 14.7. The lowest BCUT2D eigenvalue weighted by molar-refractivity contribution is -0.848. The summed E-state index contributed by atoms with van der Waals surface area (Å²) in [6.45, 7) is 12.7. The van der Waals surface area contributed by atoms with Gasteiger partial charge in [0.1, 0.15) is 6.54 Å². The summed E-state index contributed by atoms with van der Waals surface area (Å²) >= 11 is 0. The summed E-state index contributed by atoms with van der Waals surface area (Å²) in [5.74, 6) is 1.85. The maximum Gasteiger partial charge on any atom is 0.150 e. The third kappa shape index (κ3) is 2.89. The molecule has 0 bridgehead atoms. The van der Waals surface area contributed by atoms with Crippen LogP contribution in [-0.4, -0.2) is 42.7 Å². The van der Waals surface area contributed by atoms with Crippen LogP contribution in [0.4, 0.5) is 5.82 Å². The van der Waals surface area contributed by atoms with Crippen molar-refractivity contribution in [2.24, 2.45) is 11.8 Å². The molecule has 2 aliphatic rings. The minimum absolute atomic E-state index is 0.327. The molecular weight excluding hydrogens is 288 g/mol. The van der Waals surface area contributed by atoms with Crippen LogP contribution in [0.5, 0.6) is 0 Å². The van der Waals surface area contributed by atoms with E-state index in [1.165, 1.54) is 16.7 Å². The molecule has 0 amide bonds. The molecule has 1 N–H and O–H groups in total. The first-order valence-corrected chi connectivity index (χ1v) is 8.78. The van der Waals surface area contributed by atoms with Gasteiger partial charge in [0.2, 0.25) is 0 Å². The van der Waals surface area contributed by atoms with Crippen molar-refractivity contribution in [2.45, 2.75) is 27.7 Å². The number of hydrogen-bond donors (Lipinski definition) is 1. The Morgan fingerprint density at radius 3 is 2.78 bits per heavy atom. The Morgan fingerprint density at radius 1 is 1.39 bits per heavy atom. The minimum atomic E-state index is 0.327. The first-order chi connectivity index (χ1) is 11.1. The summed E-state index contributed by atoms with van der Waals surface area (Å²) < 4.78 is 0. The quantitative estimate of drug-likeness (QED) is 0.857. The fraction of sp³-hybridized carbons (Fsp3) is 0.611. The second-order valence-corrected chi connectivity index (χ2v) is 6.86. The highest BCUT2D eigenvalue weighted by Crippen LogP contribution is 2.41. The molecule has 3 rings (SSSR count). The number of rotatable bonds is 4. The summed E-state index contributed by atoms with van der Waals surface area (Å²) in [5, 5.41) is 17.2. The highest BCUT2D eigenvalue weighted by Gasteiger charge is 2.37. The highest BCUT2D eigenvalue weighted by molar-refractivity contribution is 5.82. The second kappa shape index (κ2) is 6.59. The molecule has 0 spiro atoms. The van der Waals surface area contributed by atoms with E-state index in [1.807, 2.05) is 12.3 Å². The largest absolute Gasteiger partial charge is 0.634 e. The van der Waals surface area contributed by atoms with E-state index < -0.39 is 0 Å². The number of nitrogens with one attached hydrogen (secondary N) is 1. The summed E-state index contributed by atoms with van der Waals surface area (Å²) in [7, 11) is 0. The number of hydroxylamine groups is 2. The van der Waals surface area contributed by atoms with Crippen molar-refractivity contribution >= 4 is 11.4 Å². The van der Waals surface area contributed by atoms with Gasteiger partial charge in [-0.3, -0.25) is 5.01 Å². The number of nitrogens with zero attached hydrogens (tertiary/aromatic N) is 3. The van der Waals surface area contributed by atoms with E-state index in [4.69, 9.17) is 0 Å². The minimum Gasteiger partial charge on any atom is -0.634 e. The Morgan fingerprint density at radius 2 is 2.13 bits per heavy atom. The molecular formula is C18H28N4O. The fourth-order valence-electron chi connectivity index (χ4n) is 3.98. The molecule has 5 heteroatoms. The molecule has 0 saturated carbocycles. The highest BCUT2D eigenvalue weighted by atomic mass is 16.5. The lowest BCUT2D eigenvalue weighted by Crippen LogP contribution is -3.09. The topological polar surface area (TPSA) is 46.9 Å². The van der Waals surface area contributed by atoms with E-state index in [9.17, 15) is 5.21 Å². The predicted molar refractivity (Wildman–Crippen MR) is 93.8 cm³/mol. The standard InChI is InChI=1S/C18H28N4O/c1-5-20(6-2)22-11-14-10-21(23)12-16(13(3)4)17(14)15-8-7-9-19-18(15)22/h7-9,13,16,21H,5-6,10-12H2,1-4H3. The van der Waals surface area contributed by atoms with Crippen molar-refractivity contribution in [1.29, 1.82) is 0 Å². The van der Waals surface area contributed by atoms with Gasteiger partial charge in [-0.1, -0.05) is 27.7 Å². The maximum atomic E-state index is 12.3. The zero-order valence-electron chi connectivity index (χ0n) is 14.7. The fourth-order valence-corrected chi connectivity index (χ4v) is 3.98. The monoisotopic (exact) mass is 316 g/mol. The number of anilines is 1. The Bertz CT molecular complexity index is 594. The number of aromatic nitrogens is 1. The maximum absolute atomic E-state index is 12.3. The number of hydrogen-bond acceptors (Lipinski definition) is 4. The van der Waals surface area contributed by atoms with Gasteiger partial charge < -0.3 is 10.3 Å². The van der Waals surface area contributed by atoms with Crippen LogP contribution in [0.25, 0.3) is 5.57 Å². The van der Waals surface area contributed by atoms with Crippen molar-refractivity contribution in [3.63, 3.8) is 0 Å². The number of fused-ring (bicyclic) bond motifs is 2. The van der Waals surface area contributed by atoms with E-state index in [2.05, 4.69) is 48.8 Å². The molecule has 0 fully saturated rings. The lowest BCUT2D eigenvalue weighted by Gasteiger charge is -2.45. The Labute approximate surface area is 139 Å². The summed E-state index contributed by atoms with van der Waals surface area (Å²) in [5.41, 5.74) is 3.92. The number of pyridine rings is 1. The predicted octanol–water partition coefficient (Wildman–Crippen LogP) is 1.58. The Kier molecular flexibility index (Phi) is 4.71. The first-order valence-electron chi connectivity index (χ1n) is 8.78. The Balaban J connectivity index is 2.11. The van der Waals surface area contributed by atoms with Crippen LogP contribution in [0.1, 0.15) is 33.3 Å². The van der Waals surface area contributed by atoms with Gasteiger partial charge in [-0.2, -0.15) is 0 Å². The van der Waals surface area contributed by atoms with Crippen molar-refractivity contribution < 1.29 is 5.06 Å². The zero-order chi connectivity index (χ0) is 16.6. The van der Waals surface area contributed by atoms with Crippen LogP contribution in [0, 0.1) is 17.0 Å². The van der Waals surface area contributed by atoms with Crippen LogP contribution in [0.3, 0.4) is 0 Å².